The van der Waals surface area contributed by atoms with Gasteiger partial charge >= 0.3 is 0 Å². The Labute approximate surface area is 68.4 Å². The van der Waals surface area contributed by atoms with Gasteiger partial charge in [0.05, 0.1) is 0 Å². The second kappa shape index (κ2) is 3.18. The molecule has 0 bridgehead atoms. The normalized spacial score (nSPS) is 10.2. The van der Waals surface area contributed by atoms with E-state index in [2.05, 4.69) is 20.4 Å². The summed E-state index contributed by atoms with van der Waals surface area (Å²) in [6, 6.07) is 0. The number of nitrogens with two attached hydrogens (primary N) is 1. The maximum atomic E-state index is 11.1. The largest absolute Gasteiger partial charge is 0.379 e. The zero-order valence-corrected chi connectivity index (χ0v) is 6.74. The van der Waals surface area contributed by atoms with E-state index in [1.165, 1.54) is 5.01 Å². The molecular formula is C5H9N5O2. The molecule has 0 aliphatic carbocycles. The standard InChI is InChI=1S/C5H9N5O2/c1-10(2)7-5(11)3-4(6)9-12-8-3/h1-2H3,(H2,6,9)(H,7,11). The molecule has 1 aromatic rings. The fourth-order valence-corrected chi connectivity index (χ4v) is 0.609. The number of hydrogen-bond acceptors (Lipinski definition) is 6. The fourth-order valence-electron chi connectivity index (χ4n) is 0.609. The van der Waals surface area contributed by atoms with Crippen LogP contribution in [0.2, 0.25) is 0 Å². The zero-order valence-electron chi connectivity index (χ0n) is 6.74. The minimum atomic E-state index is -0.446. The topological polar surface area (TPSA) is 97.3 Å². The van der Waals surface area contributed by atoms with Crippen molar-refractivity contribution in [3.05, 3.63) is 5.69 Å². The van der Waals surface area contributed by atoms with Gasteiger partial charge < -0.3 is 5.73 Å². The van der Waals surface area contributed by atoms with Crippen LogP contribution in [0.5, 0.6) is 0 Å². The Morgan fingerprint density at radius 2 is 2.25 bits per heavy atom. The summed E-state index contributed by atoms with van der Waals surface area (Å²) in [5.41, 5.74) is 7.70. The summed E-state index contributed by atoms with van der Waals surface area (Å²) in [6.45, 7) is 0. The molecule has 0 saturated carbocycles. The lowest BCUT2D eigenvalue weighted by molar-refractivity contribution is 0.0847. The number of anilines is 1. The predicted molar refractivity (Wildman–Crippen MR) is 39.9 cm³/mol. The van der Waals surface area contributed by atoms with Crippen molar-refractivity contribution in [2.24, 2.45) is 0 Å². The Bertz CT molecular complexity index is 281. The Kier molecular flexibility index (Phi) is 2.24. The number of nitrogens with one attached hydrogen (secondary N) is 1. The van der Waals surface area contributed by atoms with Crippen molar-refractivity contribution in [2.75, 3.05) is 19.8 Å². The Balaban J connectivity index is 2.72. The van der Waals surface area contributed by atoms with E-state index in [0.717, 1.165) is 0 Å². The summed E-state index contributed by atoms with van der Waals surface area (Å²) in [5, 5.41) is 8.04. The van der Waals surface area contributed by atoms with Gasteiger partial charge in [0.15, 0.2) is 0 Å². The highest BCUT2D eigenvalue weighted by Crippen LogP contribution is 2.02. The lowest BCUT2D eigenvalue weighted by Crippen LogP contribution is -2.36. The molecule has 0 fully saturated rings. The molecule has 0 aromatic carbocycles. The van der Waals surface area contributed by atoms with Crippen molar-refractivity contribution < 1.29 is 9.42 Å². The van der Waals surface area contributed by atoms with Crippen LogP contribution >= 0.6 is 0 Å². The molecule has 1 amide bonds. The van der Waals surface area contributed by atoms with E-state index >= 15 is 0 Å². The lowest BCUT2D eigenvalue weighted by Gasteiger charge is -2.09. The second-order valence-electron chi connectivity index (χ2n) is 2.33. The highest BCUT2D eigenvalue weighted by molar-refractivity contribution is 5.95. The highest BCUT2D eigenvalue weighted by Gasteiger charge is 2.15. The van der Waals surface area contributed by atoms with Crippen LogP contribution in [0.25, 0.3) is 0 Å². The smallest absolute Gasteiger partial charge is 0.291 e. The molecule has 12 heavy (non-hydrogen) atoms. The van der Waals surface area contributed by atoms with Crippen LogP contribution in [0.3, 0.4) is 0 Å². The zero-order chi connectivity index (χ0) is 9.14. The first-order valence-electron chi connectivity index (χ1n) is 3.17. The van der Waals surface area contributed by atoms with E-state index in [9.17, 15) is 4.79 Å². The molecule has 1 heterocycles. The summed E-state index contributed by atoms with van der Waals surface area (Å²) in [4.78, 5) is 11.1. The van der Waals surface area contributed by atoms with Gasteiger partial charge in [-0.25, -0.2) is 9.64 Å². The molecule has 0 atom stereocenters. The minimum Gasteiger partial charge on any atom is -0.379 e. The number of nitrogen functional groups attached to an aromatic ring is 1. The fraction of sp³-hybridized carbons (Fsp3) is 0.400. The lowest BCUT2D eigenvalue weighted by atomic mass is 10.4. The number of hydrazine groups is 1. The molecule has 66 valence electrons. The second-order valence-corrected chi connectivity index (χ2v) is 2.33. The first-order valence-corrected chi connectivity index (χ1v) is 3.17. The third-order valence-electron chi connectivity index (χ3n) is 1.05. The molecule has 0 saturated heterocycles. The molecule has 0 aliphatic rings. The molecule has 7 heteroatoms. The molecule has 1 aromatic heterocycles. The van der Waals surface area contributed by atoms with Gasteiger partial charge in [0.1, 0.15) is 0 Å². The van der Waals surface area contributed by atoms with Gasteiger partial charge in [-0.1, -0.05) is 0 Å². The van der Waals surface area contributed by atoms with Gasteiger partial charge in [0.25, 0.3) is 5.91 Å². The van der Waals surface area contributed by atoms with Gasteiger partial charge in [0.2, 0.25) is 11.5 Å². The molecular weight excluding hydrogens is 162 g/mol. The van der Waals surface area contributed by atoms with Gasteiger partial charge in [-0.3, -0.25) is 10.2 Å². The number of hydrogen-bond donors (Lipinski definition) is 2. The highest BCUT2D eigenvalue weighted by atomic mass is 16.6. The van der Waals surface area contributed by atoms with Crippen LogP contribution in [0.15, 0.2) is 4.63 Å². The Hall–Kier alpha value is -1.63. The SMILES string of the molecule is CN(C)NC(=O)c1nonc1N. The number of carbonyl (C=O) groups is 1. The molecule has 1 rings (SSSR count). The van der Waals surface area contributed by atoms with E-state index in [-0.39, 0.29) is 11.5 Å². The molecule has 0 unspecified atom stereocenters. The molecule has 7 nitrogen and oxygen atoms in total. The van der Waals surface area contributed by atoms with Crippen molar-refractivity contribution in [1.29, 1.82) is 0 Å². The van der Waals surface area contributed by atoms with Crippen LogP contribution in [0.4, 0.5) is 5.82 Å². The van der Waals surface area contributed by atoms with E-state index < -0.39 is 5.91 Å². The number of aromatic nitrogens is 2. The van der Waals surface area contributed by atoms with Crippen LogP contribution in [0, 0.1) is 0 Å². The number of amides is 1. The van der Waals surface area contributed by atoms with Gasteiger partial charge in [-0.15, -0.1) is 0 Å². The third-order valence-corrected chi connectivity index (χ3v) is 1.05. The van der Waals surface area contributed by atoms with Crippen molar-refractivity contribution in [1.82, 2.24) is 20.7 Å². The van der Waals surface area contributed by atoms with Crippen LogP contribution < -0.4 is 11.2 Å². The summed E-state index contributed by atoms with van der Waals surface area (Å²) >= 11 is 0. The van der Waals surface area contributed by atoms with Crippen molar-refractivity contribution in [3.8, 4) is 0 Å². The summed E-state index contributed by atoms with van der Waals surface area (Å²) in [7, 11) is 3.34. The molecule has 0 spiro atoms. The van der Waals surface area contributed by atoms with Crippen LogP contribution in [0.1, 0.15) is 10.5 Å². The first kappa shape index (κ1) is 8.47. The average molecular weight is 171 g/mol. The number of rotatable bonds is 2. The molecule has 0 radical (unpaired) electrons. The summed E-state index contributed by atoms with van der Waals surface area (Å²) in [5.74, 6) is -0.465. The first-order chi connectivity index (χ1) is 5.61. The van der Waals surface area contributed by atoms with E-state index in [4.69, 9.17) is 5.73 Å². The molecule has 0 aliphatic heterocycles. The van der Waals surface area contributed by atoms with Crippen LogP contribution in [-0.4, -0.2) is 35.3 Å². The quantitative estimate of drug-likeness (QED) is 0.546. The van der Waals surface area contributed by atoms with Crippen LogP contribution in [-0.2, 0) is 0 Å². The monoisotopic (exact) mass is 171 g/mol. The maximum absolute atomic E-state index is 11.1. The number of nitrogens with zero attached hydrogens (tertiary/aromatic N) is 3. The van der Waals surface area contributed by atoms with E-state index in [0.29, 0.717) is 0 Å². The van der Waals surface area contributed by atoms with Gasteiger partial charge in [0, 0.05) is 14.1 Å². The van der Waals surface area contributed by atoms with Gasteiger partial charge in [-0.2, -0.15) is 0 Å². The van der Waals surface area contributed by atoms with E-state index in [1.54, 1.807) is 14.1 Å². The summed E-state index contributed by atoms with van der Waals surface area (Å²) in [6.07, 6.45) is 0. The van der Waals surface area contributed by atoms with Crippen molar-refractivity contribution >= 4 is 11.7 Å². The van der Waals surface area contributed by atoms with E-state index in [1.807, 2.05) is 0 Å². The average Bonchev–Trinajstić information content (AvgIpc) is 2.33. The Morgan fingerprint density at radius 1 is 1.58 bits per heavy atom. The van der Waals surface area contributed by atoms with Crippen molar-refractivity contribution in [3.63, 3.8) is 0 Å². The third kappa shape index (κ3) is 1.70. The Morgan fingerprint density at radius 3 is 2.67 bits per heavy atom. The maximum Gasteiger partial charge on any atom is 0.291 e. The minimum absolute atomic E-state index is 0.0105. The predicted octanol–water partition coefficient (Wildman–Crippen LogP) is -1.14. The summed E-state index contributed by atoms with van der Waals surface area (Å²) < 4.78 is 4.24. The number of carbonyl (C=O) groups excluding carboxylic acids is 1. The van der Waals surface area contributed by atoms with Gasteiger partial charge in [-0.05, 0) is 10.3 Å². The van der Waals surface area contributed by atoms with Crippen molar-refractivity contribution in [2.45, 2.75) is 0 Å². The molecule has 3 N–H and O–H groups in total.